The summed E-state index contributed by atoms with van der Waals surface area (Å²) >= 11 is 0. The molecule has 8 heteroatoms. The molecule has 1 heterocycles. The second kappa shape index (κ2) is 7.92. The molecule has 0 aliphatic rings. The third-order valence-corrected chi connectivity index (χ3v) is 2.58. The lowest BCUT2D eigenvalue weighted by Gasteiger charge is -2.23. The van der Waals surface area contributed by atoms with Crippen LogP contribution in [0.25, 0.3) is 0 Å². The van der Waals surface area contributed by atoms with E-state index in [9.17, 15) is 4.79 Å². The summed E-state index contributed by atoms with van der Waals surface area (Å²) < 4.78 is 12.3. The van der Waals surface area contributed by atoms with Gasteiger partial charge in [0.25, 0.3) is 0 Å². The van der Waals surface area contributed by atoms with E-state index in [0.29, 0.717) is 19.0 Å². The number of unbranched alkanes of at least 4 members (excludes halogenated alkanes) is 1. The fourth-order valence-electron chi connectivity index (χ4n) is 1.61. The van der Waals surface area contributed by atoms with Crippen LogP contribution >= 0.6 is 0 Å². The third-order valence-electron chi connectivity index (χ3n) is 2.58. The summed E-state index contributed by atoms with van der Waals surface area (Å²) in [5.41, 5.74) is -0.560. The van der Waals surface area contributed by atoms with Crippen molar-refractivity contribution in [2.24, 2.45) is 7.05 Å². The van der Waals surface area contributed by atoms with E-state index in [0.717, 1.165) is 12.8 Å². The van der Waals surface area contributed by atoms with Crippen LogP contribution in [0.5, 0.6) is 0 Å². The van der Waals surface area contributed by atoms with Crippen LogP contribution in [0.4, 0.5) is 4.79 Å². The van der Waals surface area contributed by atoms with Crippen LogP contribution in [0, 0.1) is 0 Å². The highest BCUT2D eigenvalue weighted by Crippen LogP contribution is 2.12. The molecular formula is C13H25N5O3. The maximum atomic E-state index is 11.9. The zero-order valence-corrected chi connectivity index (χ0v) is 13.4. The maximum absolute atomic E-state index is 11.9. The first kappa shape index (κ1) is 17.4. The normalized spacial score (nSPS) is 13.0. The van der Waals surface area contributed by atoms with E-state index in [-0.39, 0.29) is 0 Å². The third kappa shape index (κ3) is 6.52. The smallest absolute Gasteiger partial charge is 0.408 e. The van der Waals surface area contributed by atoms with Crippen LogP contribution in [-0.4, -0.2) is 45.1 Å². The summed E-state index contributed by atoms with van der Waals surface area (Å²) in [6.07, 6.45) is 1.50. The van der Waals surface area contributed by atoms with Gasteiger partial charge < -0.3 is 14.8 Å². The molecule has 0 aromatic carbocycles. The van der Waals surface area contributed by atoms with E-state index < -0.39 is 17.7 Å². The number of nitrogens with zero attached hydrogens (tertiary/aromatic N) is 4. The molecule has 1 N–H and O–H groups in total. The first-order valence-corrected chi connectivity index (χ1v) is 7.13. The molecule has 120 valence electrons. The van der Waals surface area contributed by atoms with Gasteiger partial charge in [-0.1, -0.05) is 13.3 Å². The molecule has 0 saturated carbocycles. The summed E-state index contributed by atoms with van der Waals surface area (Å²) in [6, 6.07) is -0.447. The number of amides is 1. The average molecular weight is 299 g/mol. The van der Waals surface area contributed by atoms with Crippen LogP contribution < -0.4 is 5.32 Å². The van der Waals surface area contributed by atoms with Gasteiger partial charge in [0.2, 0.25) is 0 Å². The number of carbonyl (C=O) groups excluding carboxylic acids is 1. The Hall–Kier alpha value is -1.70. The van der Waals surface area contributed by atoms with Crippen molar-refractivity contribution in [1.29, 1.82) is 0 Å². The van der Waals surface area contributed by atoms with Crippen LogP contribution in [-0.2, 0) is 16.5 Å². The van der Waals surface area contributed by atoms with Crippen LogP contribution in [0.15, 0.2) is 0 Å². The van der Waals surface area contributed by atoms with Crippen LogP contribution in [0.1, 0.15) is 52.4 Å². The molecule has 8 nitrogen and oxygen atoms in total. The predicted molar refractivity (Wildman–Crippen MR) is 76.6 cm³/mol. The number of hydrogen-bond donors (Lipinski definition) is 1. The minimum atomic E-state index is -0.560. The SMILES string of the molecule is CCCCOC[C@H](NC(=O)OC(C)(C)C)c1nnnn1C. The minimum Gasteiger partial charge on any atom is -0.444 e. The van der Waals surface area contributed by atoms with E-state index in [2.05, 4.69) is 27.8 Å². The van der Waals surface area contributed by atoms with Gasteiger partial charge in [-0.2, -0.15) is 0 Å². The Bertz CT molecular complexity index is 441. The standard InChI is InChI=1S/C13H25N5O3/c1-6-7-8-20-9-10(11-15-16-17-18(11)5)14-12(19)21-13(2,3)4/h10H,6-9H2,1-5H3,(H,14,19)/t10-/m0/s1. The van der Waals surface area contributed by atoms with Gasteiger partial charge in [-0.05, 0) is 37.6 Å². The molecule has 0 saturated heterocycles. The lowest BCUT2D eigenvalue weighted by Crippen LogP contribution is -2.37. The zero-order valence-electron chi connectivity index (χ0n) is 13.4. The van der Waals surface area contributed by atoms with Crippen molar-refractivity contribution < 1.29 is 14.3 Å². The Labute approximate surface area is 125 Å². The minimum absolute atomic E-state index is 0.299. The fraction of sp³-hybridized carbons (Fsp3) is 0.846. The molecule has 1 amide bonds. The lowest BCUT2D eigenvalue weighted by atomic mass is 10.2. The van der Waals surface area contributed by atoms with Gasteiger partial charge in [0.15, 0.2) is 5.82 Å². The summed E-state index contributed by atoms with van der Waals surface area (Å²) in [5, 5.41) is 14.0. The Morgan fingerprint density at radius 2 is 2.14 bits per heavy atom. The fourth-order valence-corrected chi connectivity index (χ4v) is 1.61. The Balaban J connectivity index is 2.64. The summed E-state index contributed by atoms with van der Waals surface area (Å²) in [4.78, 5) is 11.9. The number of nitrogens with one attached hydrogen (secondary N) is 1. The monoisotopic (exact) mass is 299 g/mol. The van der Waals surface area contributed by atoms with E-state index in [1.165, 1.54) is 4.68 Å². The van der Waals surface area contributed by atoms with Crippen LogP contribution in [0.2, 0.25) is 0 Å². The van der Waals surface area contributed by atoms with Gasteiger partial charge in [-0.3, -0.25) is 0 Å². The first-order valence-electron chi connectivity index (χ1n) is 7.13. The number of aryl methyl sites for hydroxylation is 1. The van der Waals surface area contributed by atoms with Gasteiger partial charge in [0.1, 0.15) is 11.6 Å². The maximum Gasteiger partial charge on any atom is 0.408 e. The Kier molecular flexibility index (Phi) is 6.54. The molecule has 0 spiro atoms. The second-order valence-electron chi connectivity index (χ2n) is 5.79. The molecule has 21 heavy (non-hydrogen) atoms. The number of hydrogen-bond acceptors (Lipinski definition) is 6. The van der Waals surface area contributed by atoms with Gasteiger partial charge in [-0.25, -0.2) is 9.48 Å². The topological polar surface area (TPSA) is 91.2 Å². The van der Waals surface area contributed by atoms with Crippen molar-refractivity contribution in [3.05, 3.63) is 5.82 Å². The van der Waals surface area contributed by atoms with Crippen molar-refractivity contribution in [2.45, 2.75) is 52.2 Å². The van der Waals surface area contributed by atoms with Gasteiger partial charge in [0.05, 0.1) is 6.61 Å². The van der Waals surface area contributed by atoms with E-state index in [1.807, 2.05) is 20.8 Å². The van der Waals surface area contributed by atoms with Crippen molar-refractivity contribution in [3.63, 3.8) is 0 Å². The van der Waals surface area contributed by atoms with Gasteiger partial charge >= 0.3 is 6.09 Å². The summed E-state index contributed by atoms with van der Waals surface area (Å²) in [7, 11) is 1.71. The van der Waals surface area contributed by atoms with Crippen molar-refractivity contribution in [2.75, 3.05) is 13.2 Å². The molecule has 0 radical (unpaired) electrons. The lowest BCUT2D eigenvalue weighted by molar-refractivity contribution is 0.0430. The van der Waals surface area contributed by atoms with E-state index in [1.54, 1.807) is 7.05 Å². The molecule has 0 bridgehead atoms. The first-order chi connectivity index (χ1) is 9.83. The Morgan fingerprint density at radius 3 is 2.67 bits per heavy atom. The molecule has 0 aliphatic carbocycles. The number of alkyl carbamates (subject to hydrolysis) is 1. The molecule has 1 aromatic heterocycles. The van der Waals surface area contributed by atoms with E-state index >= 15 is 0 Å². The van der Waals surface area contributed by atoms with Gasteiger partial charge in [-0.15, -0.1) is 5.10 Å². The average Bonchev–Trinajstić information content (AvgIpc) is 2.77. The second-order valence-corrected chi connectivity index (χ2v) is 5.79. The highest BCUT2D eigenvalue weighted by atomic mass is 16.6. The quantitative estimate of drug-likeness (QED) is 0.769. The molecule has 1 aromatic rings. The Morgan fingerprint density at radius 1 is 1.43 bits per heavy atom. The molecule has 1 rings (SSSR count). The van der Waals surface area contributed by atoms with Gasteiger partial charge in [0, 0.05) is 13.7 Å². The zero-order chi connectivity index (χ0) is 15.9. The molecule has 0 unspecified atom stereocenters. The molecule has 0 fully saturated rings. The van der Waals surface area contributed by atoms with E-state index in [4.69, 9.17) is 9.47 Å². The number of tetrazole rings is 1. The summed E-state index contributed by atoms with van der Waals surface area (Å²) in [5.74, 6) is 0.525. The number of ether oxygens (including phenoxy) is 2. The van der Waals surface area contributed by atoms with Crippen molar-refractivity contribution in [1.82, 2.24) is 25.5 Å². The molecule has 0 aliphatic heterocycles. The molecular weight excluding hydrogens is 274 g/mol. The van der Waals surface area contributed by atoms with Crippen LogP contribution in [0.3, 0.4) is 0 Å². The number of aromatic nitrogens is 4. The predicted octanol–water partition coefficient (Wildman–Crippen LogP) is 1.59. The molecule has 1 atom stereocenters. The van der Waals surface area contributed by atoms with Crippen molar-refractivity contribution >= 4 is 6.09 Å². The highest BCUT2D eigenvalue weighted by molar-refractivity contribution is 5.68. The van der Waals surface area contributed by atoms with Crippen molar-refractivity contribution in [3.8, 4) is 0 Å². The number of carbonyl (C=O) groups is 1. The highest BCUT2D eigenvalue weighted by Gasteiger charge is 2.24. The number of rotatable bonds is 7. The largest absolute Gasteiger partial charge is 0.444 e. The summed E-state index contributed by atoms with van der Waals surface area (Å²) in [6.45, 7) is 8.45.